The Morgan fingerprint density at radius 2 is 2.16 bits per heavy atom. The molecule has 2 atom stereocenters. The Balaban J connectivity index is 0.00000133. The Morgan fingerprint density at radius 3 is 2.95 bits per heavy atom. The van der Waals surface area contributed by atoms with E-state index in [1.54, 1.807) is 0 Å². The fraction of sp³-hybridized carbons (Fsp3) is 0.533. The lowest BCUT2D eigenvalue weighted by Crippen LogP contribution is -2.33. The van der Waals surface area contributed by atoms with E-state index in [4.69, 9.17) is 0 Å². The van der Waals surface area contributed by atoms with Gasteiger partial charge in [0.1, 0.15) is 0 Å². The largest absolute Gasteiger partial charge is 0.349 e. The zero-order valence-corrected chi connectivity index (χ0v) is 11.8. The zero-order valence-electron chi connectivity index (χ0n) is 11.0. The van der Waals surface area contributed by atoms with Gasteiger partial charge in [-0.25, -0.2) is 0 Å². The summed E-state index contributed by atoms with van der Waals surface area (Å²) in [6.45, 7) is 1.06. The van der Waals surface area contributed by atoms with Crippen LogP contribution < -0.4 is 10.6 Å². The summed E-state index contributed by atoms with van der Waals surface area (Å²) in [5, 5.41) is 6.55. The summed E-state index contributed by atoms with van der Waals surface area (Å²) in [6, 6.07) is 9.06. The zero-order chi connectivity index (χ0) is 12.4. The van der Waals surface area contributed by atoms with Crippen molar-refractivity contribution in [2.45, 2.75) is 44.2 Å². The average molecular weight is 281 g/mol. The third-order valence-corrected chi connectivity index (χ3v) is 4.06. The molecule has 0 aromatic heterocycles. The molecular weight excluding hydrogens is 260 g/mol. The van der Waals surface area contributed by atoms with Crippen molar-refractivity contribution >= 4 is 18.3 Å². The third kappa shape index (κ3) is 3.28. The molecule has 0 saturated carbocycles. The number of aryl methyl sites for hydroxylation is 1. The normalized spacial score (nSPS) is 24.6. The summed E-state index contributed by atoms with van der Waals surface area (Å²) >= 11 is 0. The van der Waals surface area contributed by atoms with Crippen LogP contribution in [0.2, 0.25) is 0 Å². The van der Waals surface area contributed by atoms with E-state index < -0.39 is 0 Å². The van der Waals surface area contributed by atoms with Crippen molar-refractivity contribution in [2.75, 3.05) is 6.54 Å². The fourth-order valence-corrected chi connectivity index (χ4v) is 3.12. The predicted molar refractivity (Wildman–Crippen MR) is 78.5 cm³/mol. The molecule has 1 fully saturated rings. The molecule has 1 amide bonds. The lowest BCUT2D eigenvalue weighted by atomic mass is 10.1. The number of nitrogens with one attached hydrogen (secondary N) is 2. The van der Waals surface area contributed by atoms with Gasteiger partial charge in [-0.3, -0.25) is 4.79 Å². The Hall–Kier alpha value is -1.06. The smallest absolute Gasteiger partial charge is 0.222 e. The van der Waals surface area contributed by atoms with Crippen molar-refractivity contribution in [3.63, 3.8) is 0 Å². The van der Waals surface area contributed by atoms with Crippen molar-refractivity contribution in [3.8, 4) is 0 Å². The Morgan fingerprint density at radius 1 is 1.32 bits per heavy atom. The number of fused-ring (bicyclic) bond motifs is 1. The number of hydrogen-bond acceptors (Lipinski definition) is 2. The van der Waals surface area contributed by atoms with Crippen molar-refractivity contribution in [3.05, 3.63) is 35.4 Å². The summed E-state index contributed by atoms with van der Waals surface area (Å²) in [5.41, 5.74) is 2.70. The molecule has 1 aromatic carbocycles. The molecule has 0 bridgehead atoms. The SMILES string of the molecule is Cl.O=C(CC1CCCN1)NC1CCc2ccccc21. The maximum absolute atomic E-state index is 12.0. The van der Waals surface area contributed by atoms with Crippen LogP contribution in [-0.2, 0) is 11.2 Å². The first kappa shape index (κ1) is 14.4. The molecule has 0 radical (unpaired) electrons. The Kier molecular flexibility index (Phi) is 4.83. The number of hydrogen-bond donors (Lipinski definition) is 2. The highest BCUT2D eigenvalue weighted by Gasteiger charge is 2.25. The highest BCUT2D eigenvalue weighted by molar-refractivity contribution is 5.85. The molecule has 2 aliphatic rings. The minimum atomic E-state index is 0. The molecule has 104 valence electrons. The van der Waals surface area contributed by atoms with Gasteiger partial charge in [-0.15, -0.1) is 12.4 Å². The van der Waals surface area contributed by atoms with E-state index in [-0.39, 0.29) is 24.4 Å². The van der Waals surface area contributed by atoms with Crippen LogP contribution in [0.1, 0.15) is 42.9 Å². The summed E-state index contributed by atoms with van der Waals surface area (Å²) in [4.78, 5) is 12.0. The lowest BCUT2D eigenvalue weighted by molar-refractivity contribution is -0.122. The van der Waals surface area contributed by atoms with Crippen LogP contribution in [0.15, 0.2) is 24.3 Å². The highest BCUT2D eigenvalue weighted by Crippen LogP contribution is 2.30. The number of carbonyl (C=O) groups is 1. The maximum atomic E-state index is 12.0. The van der Waals surface area contributed by atoms with Crippen molar-refractivity contribution in [1.29, 1.82) is 0 Å². The highest BCUT2D eigenvalue weighted by atomic mass is 35.5. The van der Waals surface area contributed by atoms with Crippen LogP contribution in [0, 0.1) is 0 Å². The second-order valence-electron chi connectivity index (χ2n) is 5.35. The van der Waals surface area contributed by atoms with Gasteiger partial charge in [0.15, 0.2) is 0 Å². The quantitative estimate of drug-likeness (QED) is 0.892. The number of rotatable bonds is 3. The Labute approximate surface area is 120 Å². The molecule has 1 heterocycles. The van der Waals surface area contributed by atoms with Gasteiger partial charge in [0.2, 0.25) is 5.91 Å². The third-order valence-electron chi connectivity index (χ3n) is 4.06. The van der Waals surface area contributed by atoms with Crippen LogP contribution in [0.3, 0.4) is 0 Å². The number of halogens is 1. The minimum Gasteiger partial charge on any atom is -0.349 e. The van der Waals surface area contributed by atoms with Crippen LogP contribution in [0.25, 0.3) is 0 Å². The van der Waals surface area contributed by atoms with Gasteiger partial charge in [-0.1, -0.05) is 24.3 Å². The molecule has 1 aliphatic heterocycles. The Bertz CT molecular complexity index is 444. The minimum absolute atomic E-state index is 0. The first-order valence-corrected chi connectivity index (χ1v) is 6.93. The van der Waals surface area contributed by atoms with Gasteiger partial charge in [-0.05, 0) is 43.4 Å². The molecule has 1 saturated heterocycles. The molecule has 2 N–H and O–H groups in total. The second kappa shape index (κ2) is 6.40. The molecule has 2 unspecified atom stereocenters. The van der Waals surface area contributed by atoms with Gasteiger partial charge in [0.25, 0.3) is 0 Å². The van der Waals surface area contributed by atoms with Crippen LogP contribution in [0.5, 0.6) is 0 Å². The summed E-state index contributed by atoms with van der Waals surface area (Å²) in [5.74, 6) is 0.191. The van der Waals surface area contributed by atoms with E-state index in [1.807, 2.05) is 0 Å². The van der Waals surface area contributed by atoms with E-state index >= 15 is 0 Å². The molecule has 1 aromatic rings. The second-order valence-corrected chi connectivity index (χ2v) is 5.35. The summed E-state index contributed by atoms with van der Waals surface area (Å²) in [6.07, 6.45) is 5.09. The topological polar surface area (TPSA) is 41.1 Å². The van der Waals surface area contributed by atoms with E-state index in [0.717, 1.165) is 25.8 Å². The molecule has 4 heteroatoms. The van der Waals surface area contributed by atoms with Crippen molar-refractivity contribution < 1.29 is 4.79 Å². The predicted octanol–water partition coefficient (Wildman–Crippen LogP) is 2.35. The molecule has 3 nitrogen and oxygen atoms in total. The van der Waals surface area contributed by atoms with Crippen LogP contribution in [-0.4, -0.2) is 18.5 Å². The number of carbonyl (C=O) groups excluding carboxylic acids is 1. The first-order chi connectivity index (χ1) is 8.83. The lowest BCUT2D eigenvalue weighted by Gasteiger charge is -2.16. The first-order valence-electron chi connectivity index (χ1n) is 6.93. The molecule has 19 heavy (non-hydrogen) atoms. The van der Waals surface area contributed by atoms with Crippen LogP contribution in [0.4, 0.5) is 0 Å². The van der Waals surface area contributed by atoms with Crippen LogP contribution >= 0.6 is 12.4 Å². The van der Waals surface area contributed by atoms with Crippen molar-refractivity contribution in [1.82, 2.24) is 10.6 Å². The maximum Gasteiger partial charge on any atom is 0.222 e. The van der Waals surface area contributed by atoms with E-state index in [1.165, 1.54) is 17.5 Å². The number of benzene rings is 1. The molecule has 0 spiro atoms. The van der Waals surface area contributed by atoms with Gasteiger partial charge < -0.3 is 10.6 Å². The summed E-state index contributed by atoms with van der Waals surface area (Å²) < 4.78 is 0. The molecular formula is C15H21ClN2O. The number of amides is 1. The van der Waals surface area contributed by atoms with Crippen molar-refractivity contribution in [2.24, 2.45) is 0 Å². The van der Waals surface area contributed by atoms with Gasteiger partial charge in [0, 0.05) is 12.5 Å². The molecule has 3 rings (SSSR count). The summed E-state index contributed by atoms with van der Waals surface area (Å²) in [7, 11) is 0. The van der Waals surface area contributed by atoms with E-state index in [2.05, 4.69) is 34.9 Å². The monoisotopic (exact) mass is 280 g/mol. The van der Waals surface area contributed by atoms with Gasteiger partial charge >= 0.3 is 0 Å². The van der Waals surface area contributed by atoms with E-state index in [9.17, 15) is 4.79 Å². The van der Waals surface area contributed by atoms with Gasteiger partial charge in [-0.2, -0.15) is 0 Å². The fourth-order valence-electron chi connectivity index (χ4n) is 3.12. The van der Waals surface area contributed by atoms with E-state index in [0.29, 0.717) is 12.5 Å². The molecule has 1 aliphatic carbocycles. The average Bonchev–Trinajstić information content (AvgIpc) is 3.00. The van der Waals surface area contributed by atoms with Gasteiger partial charge in [0.05, 0.1) is 6.04 Å². The standard InChI is InChI=1S/C15H20N2O.ClH/c18-15(10-12-5-3-9-16-12)17-14-8-7-11-4-1-2-6-13(11)14;/h1-2,4,6,12,14,16H,3,5,7-10H2,(H,17,18);1H.